The van der Waals surface area contributed by atoms with Gasteiger partial charge in [0, 0.05) is 0 Å². The van der Waals surface area contributed by atoms with Gasteiger partial charge in [-0.1, -0.05) is 0 Å². The van der Waals surface area contributed by atoms with Gasteiger partial charge in [-0.15, -0.1) is 0 Å². The van der Waals surface area contributed by atoms with E-state index in [2.05, 4.69) is 0 Å². The average Bonchev–Trinajstić information content (AvgIpc) is 2.67. The molecule has 0 fully saturated rings. The first-order valence-corrected chi connectivity index (χ1v) is 14.0. The van der Waals surface area contributed by atoms with Gasteiger partial charge in [0.25, 0.3) is 0 Å². The summed E-state index contributed by atoms with van der Waals surface area (Å²) in [6.07, 6.45) is -0.237. The number of hydrogen-bond acceptors (Lipinski definition) is 7. The van der Waals surface area contributed by atoms with Crippen LogP contribution >= 0.6 is 0 Å². The number of hydrogen-bond donors (Lipinski definition) is 0. The molecule has 7 nitrogen and oxygen atoms in total. The van der Waals surface area contributed by atoms with E-state index in [4.69, 9.17) is 15.7 Å². The van der Waals surface area contributed by atoms with Crippen LogP contribution in [-0.4, -0.2) is 50.1 Å². The molecule has 0 saturated carbocycles. The molecule has 2 aromatic rings. The summed E-state index contributed by atoms with van der Waals surface area (Å²) >= 11 is -4.34. The van der Waals surface area contributed by atoms with Gasteiger partial charge < -0.3 is 0 Å². The Morgan fingerprint density at radius 2 is 1.40 bits per heavy atom. The molecule has 162 valence electrons. The van der Waals surface area contributed by atoms with E-state index >= 15 is 0 Å². The maximum absolute atomic E-state index is 12.0. The van der Waals surface area contributed by atoms with Crippen LogP contribution in [-0.2, 0) is 31.7 Å². The van der Waals surface area contributed by atoms with Crippen molar-refractivity contribution < 1.29 is 30.1 Å². The average molecular weight is 530 g/mol. The molecule has 0 aromatic heterocycles. The van der Waals surface area contributed by atoms with Crippen LogP contribution in [0, 0.1) is 0 Å². The van der Waals surface area contributed by atoms with Crippen molar-refractivity contribution >= 4 is 40.5 Å². The SMILES string of the molecule is COc1ccc([Te](CC(Cc2ccccc2)OC(C)=O)(OC(C)=O)OC(C)=O)cc1. The maximum atomic E-state index is 12.0. The number of rotatable bonds is 9. The first-order chi connectivity index (χ1) is 14.2. The van der Waals surface area contributed by atoms with Crippen molar-refractivity contribution in [1.29, 1.82) is 0 Å². The van der Waals surface area contributed by atoms with E-state index in [0.29, 0.717) is 15.8 Å². The summed E-state index contributed by atoms with van der Waals surface area (Å²) < 4.78 is 22.9. The van der Waals surface area contributed by atoms with E-state index in [1.807, 2.05) is 30.3 Å². The molecule has 0 radical (unpaired) electrons. The van der Waals surface area contributed by atoms with Crippen LogP contribution in [0.4, 0.5) is 0 Å². The Kier molecular flexibility index (Phi) is 8.70. The minimum absolute atomic E-state index is 0.114. The second-order valence-electron chi connectivity index (χ2n) is 6.53. The molecule has 0 aliphatic rings. The van der Waals surface area contributed by atoms with Crippen molar-refractivity contribution in [3.63, 3.8) is 0 Å². The van der Waals surface area contributed by atoms with Gasteiger partial charge in [-0.05, 0) is 0 Å². The molecule has 30 heavy (non-hydrogen) atoms. The molecule has 0 bridgehead atoms. The Labute approximate surface area is 181 Å². The van der Waals surface area contributed by atoms with Crippen molar-refractivity contribution in [1.82, 2.24) is 0 Å². The van der Waals surface area contributed by atoms with Crippen LogP contribution in [0.2, 0.25) is 4.47 Å². The first-order valence-electron chi connectivity index (χ1n) is 9.30. The molecular weight excluding hydrogens is 504 g/mol. The van der Waals surface area contributed by atoms with Gasteiger partial charge in [-0.25, -0.2) is 0 Å². The molecule has 0 amide bonds. The molecule has 0 aliphatic heterocycles. The fourth-order valence-electron chi connectivity index (χ4n) is 2.93. The van der Waals surface area contributed by atoms with Crippen molar-refractivity contribution in [2.45, 2.75) is 37.8 Å². The summed E-state index contributed by atoms with van der Waals surface area (Å²) in [5, 5.41) is 0. The molecule has 1 unspecified atom stereocenters. The molecule has 0 heterocycles. The van der Waals surface area contributed by atoms with Crippen LogP contribution in [0.15, 0.2) is 54.6 Å². The third kappa shape index (κ3) is 7.05. The molecule has 0 saturated heterocycles. The van der Waals surface area contributed by atoms with Gasteiger partial charge in [0.05, 0.1) is 0 Å². The second kappa shape index (κ2) is 11.0. The van der Waals surface area contributed by atoms with Crippen LogP contribution in [0.3, 0.4) is 0 Å². The quantitative estimate of drug-likeness (QED) is 0.364. The predicted molar refractivity (Wildman–Crippen MR) is 112 cm³/mol. The molecule has 0 N–H and O–H groups in total. The van der Waals surface area contributed by atoms with E-state index in [0.717, 1.165) is 5.56 Å². The summed E-state index contributed by atoms with van der Waals surface area (Å²) in [5.74, 6) is -0.973. The zero-order valence-electron chi connectivity index (χ0n) is 17.5. The molecular formula is C22H26O7Te. The van der Waals surface area contributed by atoms with Crippen LogP contribution in [0.1, 0.15) is 26.3 Å². The van der Waals surface area contributed by atoms with Crippen molar-refractivity contribution in [3.05, 3.63) is 60.2 Å². The van der Waals surface area contributed by atoms with Gasteiger partial charge in [-0.3, -0.25) is 0 Å². The van der Waals surface area contributed by atoms with E-state index in [1.54, 1.807) is 31.4 Å². The van der Waals surface area contributed by atoms with Crippen molar-refractivity contribution in [2.24, 2.45) is 0 Å². The standard InChI is InChI=1S/C22H26O7Te/c1-16(23)27-21(14-19-8-6-5-7-9-19)15-30(28-17(2)24,29-18(3)25)22-12-10-20(26-4)11-13-22/h5-13,21H,14-15H2,1-4H3. The number of carbonyl (C=O) groups is 3. The number of carbonyl (C=O) groups excluding carboxylic acids is 3. The van der Waals surface area contributed by atoms with E-state index in [1.165, 1.54) is 20.8 Å². The third-order valence-electron chi connectivity index (χ3n) is 3.97. The van der Waals surface area contributed by atoms with Gasteiger partial charge >= 0.3 is 181 Å². The van der Waals surface area contributed by atoms with E-state index < -0.39 is 43.0 Å². The summed E-state index contributed by atoms with van der Waals surface area (Å²) in [7, 11) is 1.54. The van der Waals surface area contributed by atoms with Gasteiger partial charge in [-0.2, -0.15) is 0 Å². The van der Waals surface area contributed by atoms with E-state index in [9.17, 15) is 14.4 Å². The van der Waals surface area contributed by atoms with Gasteiger partial charge in [0.2, 0.25) is 0 Å². The molecule has 8 heteroatoms. The topological polar surface area (TPSA) is 88.1 Å². The number of methoxy groups -OCH3 is 1. The fourth-order valence-corrected chi connectivity index (χ4v) is 10.2. The molecule has 0 aliphatic carbocycles. The zero-order valence-corrected chi connectivity index (χ0v) is 19.8. The van der Waals surface area contributed by atoms with Gasteiger partial charge in [0.1, 0.15) is 0 Å². The summed E-state index contributed by atoms with van der Waals surface area (Å²) in [6, 6.07) is 16.3. The number of benzene rings is 2. The van der Waals surface area contributed by atoms with Crippen LogP contribution in [0.25, 0.3) is 0 Å². The normalized spacial score (nSPS) is 12.4. The van der Waals surface area contributed by atoms with Crippen LogP contribution < -0.4 is 8.35 Å². The summed E-state index contributed by atoms with van der Waals surface area (Å²) in [4.78, 5) is 35.8. The summed E-state index contributed by atoms with van der Waals surface area (Å²) in [5.41, 5.74) is 0.945. The Balaban J connectivity index is 2.48. The summed E-state index contributed by atoms with van der Waals surface area (Å²) in [6.45, 7) is 3.86. The molecule has 2 aromatic carbocycles. The Hall–Kier alpha value is -2.56. The van der Waals surface area contributed by atoms with Crippen molar-refractivity contribution in [2.75, 3.05) is 7.11 Å². The monoisotopic (exact) mass is 532 g/mol. The first kappa shape index (κ1) is 23.7. The third-order valence-corrected chi connectivity index (χ3v) is 12.0. The minimum atomic E-state index is -4.34. The number of ether oxygens (including phenoxy) is 2. The second-order valence-corrected chi connectivity index (χ2v) is 13.3. The number of esters is 1. The Bertz CT molecular complexity index is 849. The zero-order chi connectivity index (χ0) is 22.1. The molecule has 0 spiro atoms. The fraction of sp³-hybridized carbons (Fsp3) is 0.318. The Morgan fingerprint density at radius 1 is 0.833 bits per heavy atom. The van der Waals surface area contributed by atoms with E-state index in [-0.39, 0.29) is 4.47 Å². The van der Waals surface area contributed by atoms with Gasteiger partial charge in [0.15, 0.2) is 0 Å². The predicted octanol–water partition coefficient (Wildman–Crippen LogP) is 2.65. The molecule has 1 atom stereocenters. The molecule has 2 rings (SSSR count). The van der Waals surface area contributed by atoms with Crippen molar-refractivity contribution in [3.8, 4) is 5.75 Å². The Morgan fingerprint density at radius 3 is 1.87 bits per heavy atom. The van der Waals surface area contributed by atoms with Crippen LogP contribution in [0.5, 0.6) is 5.75 Å².